The molecule has 28 heavy (non-hydrogen) atoms. The Bertz CT molecular complexity index is 1080. The Morgan fingerprint density at radius 1 is 1.18 bits per heavy atom. The average Bonchev–Trinajstić information content (AvgIpc) is 3.35. The Morgan fingerprint density at radius 3 is 3.00 bits per heavy atom. The van der Waals surface area contributed by atoms with Crippen molar-refractivity contribution in [1.82, 2.24) is 24.4 Å². The highest BCUT2D eigenvalue weighted by atomic mass is 16.5. The summed E-state index contributed by atoms with van der Waals surface area (Å²) in [6, 6.07) is 12.7. The van der Waals surface area contributed by atoms with Crippen LogP contribution in [0.4, 0.5) is 0 Å². The number of aromatic nitrogens is 4. The number of rotatable bonds is 4. The van der Waals surface area contributed by atoms with E-state index < -0.39 is 0 Å². The molecule has 1 aliphatic heterocycles. The summed E-state index contributed by atoms with van der Waals surface area (Å²) in [7, 11) is 2.11. The van der Waals surface area contributed by atoms with E-state index in [0.29, 0.717) is 6.61 Å². The Balaban J connectivity index is 1.43. The van der Waals surface area contributed by atoms with E-state index in [9.17, 15) is 0 Å². The van der Waals surface area contributed by atoms with Gasteiger partial charge in [0.05, 0.1) is 31.1 Å². The minimum absolute atomic E-state index is 0.109. The summed E-state index contributed by atoms with van der Waals surface area (Å²) in [6.07, 6.45) is 7.75. The van der Waals surface area contributed by atoms with Gasteiger partial charge in [-0.3, -0.25) is 9.88 Å². The summed E-state index contributed by atoms with van der Waals surface area (Å²) in [6.45, 7) is 3.15. The van der Waals surface area contributed by atoms with Gasteiger partial charge in [0, 0.05) is 55.2 Å². The molecule has 1 N–H and O–H groups in total. The highest BCUT2D eigenvalue weighted by molar-refractivity contribution is 5.83. The molecule has 1 atom stereocenters. The van der Waals surface area contributed by atoms with Gasteiger partial charge in [0.15, 0.2) is 0 Å². The molecular weight excluding hydrogens is 350 g/mol. The molecule has 4 heterocycles. The van der Waals surface area contributed by atoms with Gasteiger partial charge >= 0.3 is 0 Å². The lowest BCUT2D eigenvalue weighted by atomic mass is 10.1. The number of H-pyrrole nitrogens is 1. The number of imidazole rings is 1. The molecule has 1 aliphatic rings. The van der Waals surface area contributed by atoms with Gasteiger partial charge in [-0.1, -0.05) is 18.2 Å². The molecule has 0 amide bonds. The first-order valence-electron chi connectivity index (χ1n) is 9.59. The van der Waals surface area contributed by atoms with Gasteiger partial charge in [0.25, 0.3) is 0 Å². The second kappa shape index (κ2) is 7.22. The minimum Gasteiger partial charge on any atom is -0.378 e. The predicted molar refractivity (Wildman–Crippen MR) is 109 cm³/mol. The summed E-state index contributed by atoms with van der Waals surface area (Å²) >= 11 is 0. The fourth-order valence-corrected chi connectivity index (χ4v) is 4.02. The summed E-state index contributed by atoms with van der Waals surface area (Å²) < 4.78 is 7.99. The van der Waals surface area contributed by atoms with Crippen molar-refractivity contribution >= 4 is 10.9 Å². The van der Waals surface area contributed by atoms with E-state index in [1.54, 1.807) is 6.20 Å². The number of morpholine rings is 1. The topological polar surface area (TPSA) is 59.0 Å². The fraction of sp³-hybridized carbons (Fsp3) is 0.273. The van der Waals surface area contributed by atoms with Gasteiger partial charge in [-0.05, 0) is 23.8 Å². The van der Waals surface area contributed by atoms with Crippen molar-refractivity contribution in [2.75, 3.05) is 19.8 Å². The van der Waals surface area contributed by atoms with Crippen LogP contribution in [0.15, 0.2) is 61.2 Å². The van der Waals surface area contributed by atoms with Crippen molar-refractivity contribution in [3.8, 4) is 11.3 Å². The molecule has 1 aromatic carbocycles. The minimum atomic E-state index is 0.109. The molecule has 0 aliphatic carbocycles. The van der Waals surface area contributed by atoms with Crippen LogP contribution in [0.5, 0.6) is 0 Å². The molecule has 0 saturated carbocycles. The first kappa shape index (κ1) is 17.2. The van der Waals surface area contributed by atoms with Crippen molar-refractivity contribution in [2.24, 2.45) is 7.05 Å². The van der Waals surface area contributed by atoms with Gasteiger partial charge in [-0.2, -0.15) is 0 Å². The van der Waals surface area contributed by atoms with Crippen molar-refractivity contribution < 1.29 is 4.74 Å². The second-order valence-electron chi connectivity index (χ2n) is 7.27. The molecule has 6 heteroatoms. The number of para-hydroxylation sites is 1. The second-order valence-corrected chi connectivity index (χ2v) is 7.27. The van der Waals surface area contributed by atoms with Crippen molar-refractivity contribution in [3.05, 3.63) is 72.6 Å². The SMILES string of the molecule is Cn1cc(CN2CCOCC2c2ncc(-c3cccnc3)[nH]2)c2ccccc21. The number of nitrogens with one attached hydrogen (secondary N) is 1. The van der Waals surface area contributed by atoms with E-state index in [2.05, 4.69) is 61.9 Å². The van der Waals surface area contributed by atoms with Crippen LogP contribution >= 0.6 is 0 Å². The zero-order valence-electron chi connectivity index (χ0n) is 15.9. The summed E-state index contributed by atoms with van der Waals surface area (Å²) in [5.41, 5.74) is 4.63. The zero-order valence-corrected chi connectivity index (χ0v) is 15.9. The van der Waals surface area contributed by atoms with E-state index in [-0.39, 0.29) is 6.04 Å². The first-order valence-corrected chi connectivity index (χ1v) is 9.59. The number of hydrogen-bond acceptors (Lipinski definition) is 4. The number of benzene rings is 1. The van der Waals surface area contributed by atoms with E-state index in [4.69, 9.17) is 4.74 Å². The van der Waals surface area contributed by atoms with Crippen molar-refractivity contribution in [2.45, 2.75) is 12.6 Å². The lowest BCUT2D eigenvalue weighted by Crippen LogP contribution is -2.39. The van der Waals surface area contributed by atoms with Crippen molar-refractivity contribution in [1.29, 1.82) is 0 Å². The number of fused-ring (bicyclic) bond motifs is 1. The normalized spacial score (nSPS) is 18.0. The Morgan fingerprint density at radius 2 is 2.11 bits per heavy atom. The number of nitrogens with zero attached hydrogens (tertiary/aromatic N) is 4. The number of hydrogen-bond donors (Lipinski definition) is 1. The fourth-order valence-electron chi connectivity index (χ4n) is 4.02. The third-order valence-corrected chi connectivity index (χ3v) is 5.48. The van der Waals surface area contributed by atoms with Crippen LogP contribution in [0, 0.1) is 0 Å². The van der Waals surface area contributed by atoms with E-state index in [1.807, 2.05) is 24.5 Å². The third kappa shape index (κ3) is 3.10. The first-order chi connectivity index (χ1) is 13.8. The van der Waals surface area contributed by atoms with E-state index >= 15 is 0 Å². The van der Waals surface area contributed by atoms with Crippen LogP contribution in [0.2, 0.25) is 0 Å². The number of ether oxygens (including phenoxy) is 1. The van der Waals surface area contributed by atoms with Crippen LogP contribution in [0.25, 0.3) is 22.2 Å². The average molecular weight is 373 g/mol. The highest BCUT2D eigenvalue weighted by Crippen LogP contribution is 2.29. The van der Waals surface area contributed by atoms with Crippen LogP contribution in [-0.4, -0.2) is 44.2 Å². The maximum atomic E-state index is 5.79. The largest absolute Gasteiger partial charge is 0.378 e. The van der Waals surface area contributed by atoms with Gasteiger partial charge < -0.3 is 14.3 Å². The molecule has 5 rings (SSSR count). The third-order valence-electron chi connectivity index (χ3n) is 5.48. The Hall–Kier alpha value is -2.96. The van der Waals surface area contributed by atoms with Crippen molar-refractivity contribution in [3.63, 3.8) is 0 Å². The smallest absolute Gasteiger partial charge is 0.126 e. The molecule has 142 valence electrons. The van der Waals surface area contributed by atoms with E-state index in [0.717, 1.165) is 36.8 Å². The predicted octanol–water partition coefficient (Wildman–Crippen LogP) is 3.54. The molecule has 1 unspecified atom stereocenters. The molecule has 1 fully saturated rings. The van der Waals surface area contributed by atoms with Crippen LogP contribution in [-0.2, 0) is 18.3 Å². The van der Waals surface area contributed by atoms with Crippen LogP contribution in [0.3, 0.4) is 0 Å². The van der Waals surface area contributed by atoms with Gasteiger partial charge in [0.1, 0.15) is 5.82 Å². The summed E-state index contributed by atoms with van der Waals surface area (Å²) in [4.78, 5) is 14.8. The molecule has 6 nitrogen and oxygen atoms in total. The van der Waals surface area contributed by atoms with E-state index in [1.165, 1.54) is 16.5 Å². The molecule has 3 aromatic heterocycles. The molecule has 0 spiro atoms. The maximum absolute atomic E-state index is 5.79. The monoisotopic (exact) mass is 373 g/mol. The molecule has 0 bridgehead atoms. The van der Waals surface area contributed by atoms with Crippen LogP contribution < -0.4 is 0 Å². The number of aromatic amines is 1. The lowest BCUT2D eigenvalue weighted by molar-refractivity contribution is -0.0154. The Labute approximate surface area is 163 Å². The Kier molecular flexibility index (Phi) is 4.43. The quantitative estimate of drug-likeness (QED) is 0.594. The van der Waals surface area contributed by atoms with Gasteiger partial charge in [0.2, 0.25) is 0 Å². The zero-order chi connectivity index (χ0) is 18.9. The standard InChI is InChI=1S/C22H23N5O/c1-26-13-17(18-6-2-3-7-20(18)26)14-27-9-10-28-15-21(27)22-24-12-19(25-22)16-5-4-8-23-11-16/h2-8,11-13,21H,9-10,14-15H2,1H3,(H,24,25). The van der Waals surface area contributed by atoms with Crippen LogP contribution in [0.1, 0.15) is 17.4 Å². The molecule has 4 aromatic rings. The summed E-state index contributed by atoms with van der Waals surface area (Å²) in [5.74, 6) is 0.943. The van der Waals surface area contributed by atoms with Gasteiger partial charge in [-0.25, -0.2) is 4.98 Å². The molecule has 1 saturated heterocycles. The lowest BCUT2D eigenvalue weighted by Gasteiger charge is -2.34. The number of pyridine rings is 1. The summed E-state index contributed by atoms with van der Waals surface area (Å²) in [5, 5.41) is 1.31. The molecular formula is C22H23N5O. The highest BCUT2D eigenvalue weighted by Gasteiger charge is 2.28. The number of aryl methyl sites for hydroxylation is 1. The van der Waals surface area contributed by atoms with Gasteiger partial charge in [-0.15, -0.1) is 0 Å². The molecule has 0 radical (unpaired) electrons. The maximum Gasteiger partial charge on any atom is 0.126 e.